The van der Waals surface area contributed by atoms with Crippen molar-refractivity contribution in [1.82, 2.24) is 4.90 Å². The summed E-state index contributed by atoms with van der Waals surface area (Å²) in [4.78, 5) is 16.4. The number of anilines is 1. The average Bonchev–Trinajstić information content (AvgIpc) is 2.85. The van der Waals surface area contributed by atoms with Crippen LogP contribution in [-0.4, -0.2) is 38.0 Å². The Hall–Kier alpha value is -3.06. The molecule has 3 rings (SSSR count). The van der Waals surface area contributed by atoms with Crippen molar-refractivity contribution in [2.24, 2.45) is 0 Å². The number of fused-ring (bicyclic) bond motifs is 1. The number of halogens is 7. The van der Waals surface area contributed by atoms with Gasteiger partial charge in [-0.15, -0.1) is 0 Å². The molecule has 1 aliphatic heterocycles. The number of benzene rings is 2. The number of alkyl halides is 6. The molecule has 2 aromatic carbocycles. The Labute approximate surface area is 192 Å². The summed E-state index contributed by atoms with van der Waals surface area (Å²) >= 11 is 0. The van der Waals surface area contributed by atoms with Crippen molar-refractivity contribution < 1.29 is 35.5 Å². The van der Waals surface area contributed by atoms with E-state index in [4.69, 9.17) is 0 Å². The number of nitrogens with zero attached hydrogens (tertiary/aromatic N) is 2. The van der Waals surface area contributed by atoms with Crippen molar-refractivity contribution >= 4 is 11.6 Å². The van der Waals surface area contributed by atoms with Crippen LogP contribution in [0.3, 0.4) is 0 Å². The van der Waals surface area contributed by atoms with E-state index in [9.17, 15) is 35.5 Å². The van der Waals surface area contributed by atoms with Crippen LogP contribution >= 0.6 is 0 Å². The van der Waals surface area contributed by atoms with Gasteiger partial charge in [-0.2, -0.15) is 26.3 Å². The molecular weight excluding hydrogens is 465 g/mol. The Morgan fingerprint density at radius 3 is 2.32 bits per heavy atom. The zero-order valence-corrected chi connectivity index (χ0v) is 18.3. The highest BCUT2D eigenvalue weighted by molar-refractivity contribution is 6.00. The molecule has 1 unspecified atom stereocenters. The van der Waals surface area contributed by atoms with Crippen LogP contribution in [0.25, 0.3) is 0 Å². The minimum atomic E-state index is -5.11. The van der Waals surface area contributed by atoms with E-state index in [1.165, 1.54) is 17.0 Å². The molecule has 1 aliphatic rings. The molecule has 182 valence electrons. The van der Waals surface area contributed by atoms with Crippen LogP contribution < -0.4 is 4.90 Å². The third-order valence-corrected chi connectivity index (χ3v) is 5.42. The normalized spacial score (nSPS) is 16.7. The van der Waals surface area contributed by atoms with Crippen LogP contribution in [0.2, 0.25) is 0 Å². The highest BCUT2D eigenvalue weighted by Crippen LogP contribution is 2.42. The summed E-state index contributed by atoms with van der Waals surface area (Å²) < 4.78 is 94.4. The summed E-state index contributed by atoms with van der Waals surface area (Å²) in [5.41, 5.74) is -2.80. The van der Waals surface area contributed by atoms with Crippen LogP contribution in [0.4, 0.5) is 36.4 Å². The van der Waals surface area contributed by atoms with Crippen molar-refractivity contribution in [3.05, 3.63) is 64.5 Å². The molecule has 0 bridgehead atoms. The zero-order chi connectivity index (χ0) is 25.3. The number of carbonyl (C=O) groups is 1. The molecule has 2 aromatic rings. The lowest BCUT2D eigenvalue weighted by Crippen LogP contribution is -2.35. The second-order valence-corrected chi connectivity index (χ2v) is 8.18. The Bertz CT molecular complexity index is 1130. The van der Waals surface area contributed by atoms with Crippen LogP contribution in [0.5, 0.6) is 0 Å². The summed E-state index contributed by atoms with van der Waals surface area (Å²) in [5, 5.41) is 0. The summed E-state index contributed by atoms with van der Waals surface area (Å²) in [7, 11) is 3.56. The first-order valence-electron chi connectivity index (χ1n) is 10.3. The minimum absolute atomic E-state index is 0.0293. The lowest BCUT2D eigenvalue weighted by atomic mass is 9.88. The Morgan fingerprint density at radius 2 is 1.71 bits per heavy atom. The van der Waals surface area contributed by atoms with Gasteiger partial charge in [-0.05, 0) is 68.4 Å². The average molecular weight is 486 g/mol. The van der Waals surface area contributed by atoms with Crippen LogP contribution in [0.1, 0.15) is 34.6 Å². The van der Waals surface area contributed by atoms with E-state index in [2.05, 4.69) is 11.8 Å². The number of carbonyl (C=O) groups excluding carboxylic acids is 1. The summed E-state index contributed by atoms with van der Waals surface area (Å²) in [5.74, 6) is 2.93. The SMILES string of the molecule is CN(C)CC#CCN1C(=O)C(c2ccc(C(F)(F)F)cc2C(F)(F)F)CCc2cc(F)ccc21. The largest absolute Gasteiger partial charge is 0.416 e. The van der Waals surface area contributed by atoms with E-state index in [-0.39, 0.29) is 25.5 Å². The summed E-state index contributed by atoms with van der Waals surface area (Å²) in [6, 6.07) is 4.96. The van der Waals surface area contributed by atoms with Gasteiger partial charge in [0.05, 0.1) is 30.1 Å². The fraction of sp³-hybridized carbons (Fsp3) is 0.375. The van der Waals surface area contributed by atoms with Gasteiger partial charge in [0.15, 0.2) is 0 Å². The van der Waals surface area contributed by atoms with Gasteiger partial charge in [-0.1, -0.05) is 17.9 Å². The lowest BCUT2D eigenvalue weighted by Gasteiger charge is -2.26. The van der Waals surface area contributed by atoms with Gasteiger partial charge in [0, 0.05) is 5.69 Å². The van der Waals surface area contributed by atoms with E-state index in [1.807, 2.05) is 0 Å². The monoisotopic (exact) mass is 486 g/mol. The van der Waals surface area contributed by atoms with E-state index in [1.54, 1.807) is 19.0 Å². The topological polar surface area (TPSA) is 23.6 Å². The molecule has 0 N–H and O–H groups in total. The maximum atomic E-state index is 13.9. The summed E-state index contributed by atoms with van der Waals surface area (Å²) in [6.45, 7) is 0.211. The maximum Gasteiger partial charge on any atom is 0.416 e. The van der Waals surface area contributed by atoms with Crippen molar-refractivity contribution in [1.29, 1.82) is 0 Å². The second-order valence-electron chi connectivity index (χ2n) is 8.18. The molecule has 0 aliphatic carbocycles. The van der Waals surface area contributed by atoms with Gasteiger partial charge in [-0.3, -0.25) is 14.6 Å². The van der Waals surface area contributed by atoms with Crippen LogP contribution in [0, 0.1) is 17.7 Å². The smallest absolute Gasteiger partial charge is 0.300 e. The molecule has 34 heavy (non-hydrogen) atoms. The molecule has 0 saturated carbocycles. The highest BCUT2D eigenvalue weighted by atomic mass is 19.4. The van der Waals surface area contributed by atoms with E-state index >= 15 is 0 Å². The molecule has 1 atom stereocenters. The fourth-order valence-electron chi connectivity index (χ4n) is 3.83. The predicted molar refractivity (Wildman–Crippen MR) is 113 cm³/mol. The van der Waals surface area contributed by atoms with Gasteiger partial charge in [-0.25, -0.2) is 4.39 Å². The molecule has 0 fully saturated rings. The molecule has 0 spiro atoms. The Balaban J connectivity index is 2.09. The van der Waals surface area contributed by atoms with Crippen molar-refractivity contribution in [2.75, 3.05) is 32.1 Å². The fourth-order valence-corrected chi connectivity index (χ4v) is 3.83. The van der Waals surface area contributed by atoms with E-state index < -0.39 is 46.7 Å². The highest BCUT2D eigenvalue weighted by Gasteiger charge is 2.42. The molecule has 0 aromatic heterocycles. The van der Waals surface area contributed by atoms with Crippen LogP contribution in [-0.2, 0) is 23.6 Å². The first-order valence-corrected chi connectivity index (χ1v) is 10.3. The number of aryl methyl sites for hydroxylation is 1. The first kappa shape index (κ1) is 25.6. The molecule has 1 amide bonds. The number of amides is 1. The van der Waals surface area contributed by atoms with Gasteiger partial charge in [0.2, 0.25) is 5.91 Å². The maximum absolute atomic E-state index is 13.9. The van der Waals surface area contributed by atoms with Gasteiger partial charge in [0.25, 0.3) is 0 Å². The first-order chi connectivity index (χ1) is 15.8. The van der Waals surface area contributed by atoms with Crippen molar-refractivity contribution in [3.8, 4) is 11.8 Å². The standard InChI is InChI=1S/C24H21F7N2O/c1-32(2)11-3-4-12-33-21-10-7-17(25)13-15(21)5-8-19(22(33)34)18-9-6-16(23(26,27)28)14-20(18)24(29,30)31/h6-7,9-10,13-14,19H,5,8,11-12H2,1-2H3. The van der Waals surface area contributed by atoms with Crippen molar-refractivity contribution in [3.63, 3.8) is 0 Å². The molecular formula is C24H21F7N2O. The van der Waals surface area contributed by atoms with Gasteiger partial charge < -0.3 is 0 Å². The number of hydrogen-bond donors (Lipinski definition) is 0. The Morgan fingerprint density at radius 1 is 1.00 bits per heavy atom. The zero-order valence-electron chi connectivity index (χ0n) is 18.3. The lowest BCUT2D eigenvalue weighted by molar-refractivity contribution is -0.143. The molecule has 0 radical (unpaired) electrons. The third-order valence-electron chi connectivity index (χ3n) is 5.42. The van der Waals surface area contributed by atoms with Crippen molar-refractivity contribution in [2.45, 2.75) is 31.1 Å². The molecule has 3 nitrogen and oxygen atoms in total. The van der Waals surface area contributed by atoms with E-state index in [0.29, 0.717) is 29.9 Å². The predicted octanol–water partition coefficient (Wildman–Crippen LogP) is 5.49. The van der Waals surface area contributed by atoms with E-state index in [0.717, 1.165) is 6.07 Å². The number of rotatable bonds is 3. The van der Waals surface area contributed by atoms with Gasteiger partial charge >= 0.3 is 12.4 Å². The Kier molecular flexibility index (Phi) is 7.26. The minimum Gasteiger partial charge on any atom is -0.300 e. The van der Waals surface area contributed by atoms with Gasteiger partial charge in [0.1, 0.15) is 5.82 Å². The molecule has 1 heterocycles. The third kappa shape index (κ3) is 5.70. The van der Waals surface area contributed by atoms with Crippen LogP contribution in [0.15, 0.2) is 36.4 Å². The summed E-state index contributed by atoms with van der Waals surface area (Å²) in [6.07, 6.45) is -10.2. The molecule has 10 heteroatoms. The quantitative estimate of drug-likeness (QED) is 0.423. The number of hydrogen-bond acceptors (Lipinski definition) is 2. The molecule has 0 saturated heterocycles. The second kappa shape index (κ2) is 9.66.